The van der Waals surface area contributed by atoms with Crippen LogP contribution in [0.5, 0.6) is 0 Å². The third-order valence-electron chi connectivity index (χ3n) is 6.20. The smallest absolute Gasteiger partial charge is 0.371 e. The van der Waals surface area contributed by atoms with Crippen molar-refractivity contribution in [1.29, 1.82) is 0 Å². The van der Waals surface area contributed by atoms with Gasteiger partial charge < -0.3 is 19.2 Å². The second-order valence-electron chi connectivity index (χ2n) is 8.27. The van der Waals surface area contributed by atoms with Gasteiger partial charge in [-0.05, 0) is 60.6 Å². The summed E-state index contributed by atoms with van der Waals surface area (Å²) in [6, 6.07) is 14.1. The molecule has 2 aromatic heterocycles. The van der Waals surface area contributed by atoms with E-state index in [4.69, 9.17) is 9.15 Å². The van der Waals surface area contributed by atoms with Gasteiger partial charge in [-0.1, -0.05) is 19.1 Å². The molecule has 0 radical (unpaired) electrons. The summed E-state index contributed by atoms with van der Waals surface area (Å²) in [6.45, 7) is 5.63. The Bertz CT molecular complexity index is 1060. The molecule has 1 unspecified atom stereocenters. The average molecular weight is 406 g/mol. The number of carboxylic acids is 1. The molecule has 6 heteroatoms. The maximum absolute atomic E-state index is 11.3. The van der Waals surface area contributed by atoms with Crippen LogP contribution < -0.4 is 4.90 Å². The summed E-state index contributed by atoms with van der Waals surface area (Å²) in [5, 5.41) is 9.29. The zero-order chi connectivity index (χ0) is 20.7. The fourth-order valence-corrected chi connectivity index (χ4v) is 4.60. The van der Waals surface area contributed by atoms with Crippen molar-refractivity contribution in [2.75, 3.05) is 31.2 Å². The number of anilines is 1. The number of carboxylic acid groups (broad SMARTS) is 1. The van der Waals surface area contributed by atoms with Crippen molar-refractivity contribution in [2.24, 2.45) is 5.92 Å². The van der Waals surface area contributed by atoms with E-state index in [0.717, 1.165) is 56.8 Å². The molecule has 30 heavy (non-hydrogen) atoms. The summed E-state index contributed by atoms with van der Waals surface area (Å²) in [7, 11) is 0. The van der Waals surface area contributed by atoms with Crippen LogP contribution in [0.2, 0.25) is 0 Å². The van der Waals surface area contributed by atoms with Crippen LogP contribution in [0.25, 0.3) is 17.1 Å². The predicted octanol–water partition coefficient (Wildman–Crippen LogP) is 4.40. The van der Waals surface area contributed by atoms with Gasteiger partial charge in [0.25, 0.3) is 0 Å². The standard InChI is InChI=1S/C24H26N2O4/c1-16-2-7-20-18(14-16)15-21(26(20)23-9-8-22(30-23)24(27)28)17-3-5-19(6-4-17)25-10-12-29-13-11-25/h3-6,8-9,15-16H,2,7,10-14H2,1H3,(H,27,28). The molecule has 5 rings (SSSR count). The van der Waals surface area contributed by atoms with E-state index in [0.29, 0.717) is 11.8 Å². The molecule has 1 fully saturated rings. The molecule has 1 aliphatic carbocycles. The van der Waals surface area contributed by atoms with E-state index in [1.807, 2.05) is 0 Å². The molecule has 1 aliphatic heterocycles. The number of hydrogen-bond donors (Lipinski definition) is 1. The fourth-order valence-electron chi connectivity index (χ4n) is 4.60. The van der Waals surface area contributed by atoms with Gasteiger partial charge in [0.15, 0.2) is 0 Å². The van der Waals surface area contributed by atoms with Gasteiger partial charge in [-0.2, -0.15) is 0 Å². The zero-order valence-corrected chi connectivity index (χ0v) is 17.1. The van der Waals surface area contributed by atoms with Gasteiger partial charge in [-0.15, -0.1) is 0 Å². The first-order valence-corrected chi connectivity index (χ1v) is 10.6. The van der Waals surface area contributed by atoms with Gasteiger partial charge >= 0.3 is 5.97 Å². The first kappa shape index (κ1) is 19.0. The highest BCUT2D eigenvalue weighted by atomic mass is 16.5. The second kappa shape index (κ2) is 7.69. The van der Waals surface area contributed by atoms with Gasteiger partial charge in [-0.25, -0.2) is 4.79 Å². The van der Waals surface area contributed by atoms with Crippen LogP contribution in [0.3, 0.4) is 0 Å². The lowest BCUT2D eigenvalue weighted by molar-refractivity contribution is 0.0662. The number of nitrogens with zero attached hydrogens (tertiary/aromatic N) is 2. The number of morpholine rings is 1. The van der Waals surface area contributed by atoms with E-state index in [1.165, 1.54) is 23.0 Å². The molecule has 0 spiro atoms. The second-order valence-corrected chi connectivity index (χ2v) is 8.27. The number of carbonyl (C=O) groups is 1. The molecule has 0 amide bonds. The zero-order valence-electron chi connectivity index (χ0n) is 17.1. The number of furan rings is 1. The van der Waals surface area contributed by atoms with Crippen molar-refractivity contribution < 1.29 is 19.1 Å². The van der Waals surface area contributed by atoms with Crippen LogP contribution >= 0.6 is 0 Å². The Morgan fingerprint density at radius 3 is 2.57 bits per heavy atom. The van der Waals surface area contributed by atoms with Crippen LogP contribution in [0.4, 0.5) is 5.69 Å². The molecule has 3 heterocycles. The first-order valence-electron chi connectivity index (χ1n) is 10.6. The Morgan fingerprint density at radius 1 is 1.10 bits per heavy atom. The quantitative estimate of drug-likeness (QED) is 0.696. The minimum atomic E-state index is -1.05. The van der Waals surface area contributed by atoms with E-state index in [9.17, 15) is 9.90 Å². The number of aromatic carboxylic acids is 1. The number of benzene rings is 1. The summed E-state index contributed by atoms with van der Waals surface area (Å²) in [5.41, 5.74) is 5.90. The molecule has 1 atom stereocenters. The number of aromatic nitrogens is 1. The first-order chi connectivity index (χ1) is 14.6. The lowest BCUT2D eigenvalue weighted by atomic mass is 9.89. The normalized spacial score (nSPS) is 19.0. The van der Waals surface area contributed by atoms with E-state index < -0.39 is 5.97 Å². The van der Waals surface area contributed by atoms with Crippen LogP contribution in [0.15, 0.2) is 46.9 Å². The molecule has 1 N–H and O–H groups in total. The van der Waals surface area contributed by atoms with Crippen molar-refractivity contribution in [1.82, 2.24) is 4.57 Å². The topological polar surface area (TPSA) is 67.8 Å². The maximum Gasteiger partial charge on any atom is 0.371 e. The predicted molar refractivity (Wildman–Crippen MR) is 115 cm³/mol. The van der Waals surface area contributed by atoms with Crippen LogP contribution in [-0.4, -0.2) is 41.9 Å². The summed E-state index contributed by atoms with van der Waals surface area (Å²) in [6.07, 6.45) is 3.12. The molecule has 3 aromatic rings. The van der Waals surface area contributed by atoms with Gasteiger partial charge in [0.1, 0.15) is 0 Å². The van der Waals surface area contributed by atoms with Crippen molar-refractivity contribution in [3.05, 3.63) is 59.5 Å². The van der Waals surface area contributed by atoms with E-state index in [2.05, 4.69) is 46.7 Å². The molecule has 6 nitrogen and oxygen atoms in total. The monoisotopic (exact) mass is 406 g/mol. The number of ether oxygens (including phenoxy) is 1. The maximum atomic E-state index is 11.3. The molecule has 1 saturated heterocycles. The Labute approximate surface area is 175 Å². The van der Waals surface area contributed by atoms with E-state index in [1.54, 1.807) is 6.07 Å². The van der Waals surface area contributed by atoms with Crippen molar-refractivity contribution in [3.63, 3.8) is 0 Å². The van der Waals surface area contributed by atoms with Crippen molar-refractivity contribution in [2.45, 2.75) is 26.2 Å². The van der Waals surface area contributed by atoms with Crippen molar-refractivity contribution in [3.8, 4) is 17.1 Å². The lowest BCUT2D eigenvalue weighted by Gasteiger charge is -2.29. The SMILES string of the molecule is CC1CCc2c(cc(-c3ccc(N4CCOCC4)cc3)n2-c2ccc(C(=O)O)o2)C1. The highest BCUT2D eigenvalue weighted by Crippen LogP contribution is 2.36. The minimum Gasteiger partial charge on any atom is -0.475 e. The summed E-state index contributed by atoms with van der Waals surface area (Å²) < 4.78 is 13.3. The Balaban J connectivity index is 1.56. The van der Waals surface area contributed by atoms with Gasteiger partial charge in [0.05, 0.1) is 18.9 Å². The van der Waals surface area contributed by atoms with Crippen LogP contribution in [-0.2, 0) is 17.6 Å². The van der Waals surface area contributed by atoms with Crippen LogP contribution in [0, 0.1) is 5.92 Å². The fraction of sp³-hybridized carbons (Fsp3) is 0.375. The van der Waals surface area contributed by atoms with E-state index >= 15 is 0 Å². The van der Waals surface area contributed by atoms with E-state index in [-0.39, 0.29) is 5.76 Å². The molecule has 0 saturated carbocycles. The molecule has 0 bridgehead atoms. The Kier molecular flexibility index (Phi) is 4.87. The molecular weight excluding hydrogens is 380 g/mol. The molecular formula is C24H26N2O4. The van der Waals surface area contributed by atoms with Gasteiger partial charge in [0.2, 0.25) is 11.6 Å². The highest BCUT2D eigenvalue weighted by molar-refractivity contribution is 5.84. The highest BCUT2D eigenvalue weighted by Gasteiger charge is 2.25. The third kappa shape index (κ3) is 3.41. The molecule has 2 aliphatic rings. The minimum absolute atomic E-state index is 0.0368. The van der Waals surface area contributed by atoms with Crippen LogP contribution in [0.1, 0.15) is 35.2 Å². The molecule has 1 aromatic carbocycles. The molecule has 156 valence electrons. The number of hydrogen-bond acceptors (Lipinski definition) is 4. The Morgan fingerprint density at radius 2 is 1.87 bits per heavy atom. The Hall–Kier alpha value is -2.99. The number of fused-ring (bicyclic) bond motifs is 1. The van der Waals surface area contributed by atoms with Gasteiger partial charge in [0, 0.05) is 30.5 Å². The summed E-state index contributed by atoms with van der Waals surface area (Å²) in [5.74, 6) is 0.129. The lowest BCUT2D eigenvalue weighted by Crippen LogP contribution is -2.36. The van der Waals surface area contributed by atoms with Crippen molar-refractivity contribution >= 4 is 11.7 Å². The average Bonchev–Trinajstić information content (AvgIpc) is 3.39. The third-order valence-corrected chi connectivity index (χ3v) is 6.20. The summed E-state index contributed by atoms with van der Waals surface area (Å²) >= 11 is 0. The summed E-state index contributed by atoms with van der Waals surface area (Å²) in [4.78, 5) is 13.7. The number of rotatable bonds is 4. The van der Waals surface area contributed by atoms with Gasteiger partial charge in [-0.3, -0.25) is 4.57 Å². The largest absolute Gasteiger partial charge is 0.475 e.